The second-order valence-corrected chi connectivity index (χ2v) is 9.73. The molecule has 4 heterocycles. The normalized spacial score (nSPS) is 14.6. The van der Waals surface area contributed by atoms with Crippen molar-refractivity contribution in [3.8, 4) is 11.3 Å². The van der Waals surface area contributed by atoms with Gasteiger partial charge in [-0.05, 0) is 56.6 Å². The monoisotopic (exact) mass is 494 g/mol. The fourth-order valence-electron chi connectivity index (χ4n) is 5.18. The first-order valence-electron chi connectivity index (χ1n) is 12.4. The molecule has 1 saturated heterocycles. The van der Waals surface area contributed by atoms with Gasteiger partial charge in [-0.25, -0.2) is 9.37 Å². The number of rotatable bonds is 5. The molecule has 0 radical (unpaired) electrons. The van der Waals surface area contributed by atoms with E-state index in [2.05, 4.69) is 43.8 Å². The Morgan fingerprint density at radius 2 is 1.89 bits per heavy atom. The van der Waals surface area contributed by atoms with Crippen molar-refractivity contribution in [1.82, 2.24) is 24.8 Å². The summed E-state index contributed by atoms with van der Waals surface area (Å²) < 4.78 is 15.6. The Bertz CT molecular complexity index is 1610. The van der Waals surface area contributed by atoms with Crippen LogP contribution in [0.25, 0.3) is 33.1 Å². The molecule has 1 aliphatic rings. The number of carbonyl (C=O) groups excluding carboxylic acids is 1. The van der Waals surface area contributed by atoms with Crippen LogP contribution in [0.1, 0.15) is 29.0 Å². The summed E-state index contributed by atoms with van der Waals surface area (Å²) >= 11 is 0. The van der Waals surface area contributed by atoms with E-state index in [9.17, 15) is 4.79 Å². The molecule has 2 aromatic carbocycles. The van der Waals surface area contributed by atoms with Crippen LogP contribution >= 0.6 is 0 Å². The van der Waals surface area contributed by atoms with Crippen LogP contribution in [0.4, 0.5) is 10.1 Å². The molecule has 1 N–H and O–H groups in total. The van der Waals surface area contributed by atoms with E-state index in [4.69, 9.17) is 0 Å². The quantitative estimate of drug-likeness (QED) is 0.344. The van der Waals surface area contributed by atoms with Crippen LogP contribution in [0.15, 0.2) is 67.1 Å². The highest BCUT2D eigenvalue weighted by Gasteiger charge is 2.25. The van der Waals surface area contributed by atoms with E-state index < -0.39 is 5.82 Å². The van der Waals surface area contributed by atoms with Crippen molar-refractivity contribution in [2.24, 2.45) is 0 Å². The molecule has 0 aliphatic carbocycles. The molecule has 5 aromatic rings. The molecular formula is C29H27FN6O. The average molecular weight is 495 g/mol. The molecular weight excluding hydrogens is 467 g/mol. The highest BCUT2D eigenvalue weighted by molar-refractivity contribution is 6.09. The highest BCUT2D eigenvalue weighted by atomic mass is 19.1. The number of ketones is 1. The Morgan fingerprint density at radius 3 is 2.70 bits per heavy atom. The fourth-order valence-corrected chi connectivity index (χ4v) is 5.18. The van der Waals surface area contributed by atoms with Crippen molar-refractivity contribution < 1.29 is 9.18 Å². The molecule has 1 fully saturated rings. The molecule has 0 spiro atoms. The lowest BCUT2D eigenvalue weighted by atomic mass is 10.0. The van der Waals surface area contributed by atoms with Crippen LogP contribution in [0.3, 0.4) is 0 Å². The van der Waals surface area contributed by atoms with Gasteiger partial charge in [0.2, 0.25) is 5.78 Å². The Labute approximate surface area is 214 Å². The minimum Gasteiger partial charge on any atom is -0.369 e. The molecule has 0 amide bonds. The van der Waals surface area contributed by atoms with Crippen LogP contribution in [0.5, 0.6) is 0 Å². The van der Waals surface area contributed by atoms with Crippen LogP contribution in [-0.2, 0) is 0 Å². The summed E-state index contributed by atoms with van der Waals surface area (Å²) in [5.41, 5.74) is 3.11. The summed E-state index contributed by atoms with van der Waals surface area (Å²) in [5, 5.41) is 2.00. The molecule has 7 nitrogen and oxygen atoms in total. The van der Waals surface area contributed by atoms with E-state index in [0.29, 0.717) is 28.5 Å². The highest BCUT2D eigenvalue weighted by Crippen LogP contribution is 2.30. The molecule has 0 unspecified atom stereocenters. The summed E-state index contributed by atoms with van der Waals surface area (Å²) in [5.74, 6) is -0.611. The summed E-state index contributed by atoms with van der Waals surface area (Å²) in [6.07, 6.45) is 7.10. The molecule has 3 aromatic heterocycles. The van der Waals surface area contributed by atoms with E-state index in [1.807, 2.05) is 24.3 Å². The van der Waals surface area contributed by atoms with Gasteiger partial charge in [-0.15, -0.1) is 0 Å². The molecule has 186 valence electrons. The Morgan fingerprint density at radius 1 is 1.08 bits per heavy atom. The molecule has 0 atom stereocenters. The van der Waals surface area contributed by atoms with E-state index in [1.165, 1.54) is 0 Å². The van der Waals surface area contributed by atoms with Crippen molar-refractivity contribution in [2.45, 2.75) is 18.9 Å². The minimum absolute atomic E-state index is 0.102. The number of hydrogen-bond donors (Lipinski definition) is 1. The van der Waals surface area contributed by atoms with Crippen molar-refractivity contribution in [3.05, 3.63) is 84.3 Å². The van der Waals surface area contributed by atoms with E-state index in [1.54, 1.807) is 42.9 Å². The number of aromatic amines is 1. The number of nitrogens with one attached hydrogen (secondary N) is 1. The van der Waals surface area contributed by atoms with Gasteiger partial charge in [0.15, 0.2) is 11.6 Å². The summed E-state index contributed by atoms with van der Waals surface area (Å²) in [7, 11) is 4.17. The third-order valence-corrected chi connectivity index (χ3v) is 7.29. The zero-order valence-corrected chi connectivity index (χ0v) is 20.8. The molecule has 37 heavy (non-hydrogen) atoms. The average Bonchev–Trinajstić information content (AvgIpc) is 3.38. The molecule has 0 saturated carbocycles. The van der Waals surface area contributed by atoms with Crippen molar-refractivity contribution in [2.75, 3.05) is 32.1 Å². The van der Waals surface area contributed by atoms with Crippen LogP contribution < -0.4 is 4.90 Å². The van der Waals surface area contributed by atoms with Gasteiger partial charge < -0.3 is 14.8 Å². The number of hydrogen-bond acceptors (Lipinski definition) is 6. The van der Waals surface area contributed by atoms with Crippen LogP contribution in [0.2, 0.25) is 0 Å². The topological polar surface area (TPSA) is 78.0 Å². The first kappa shape index (κ1) is 23.2. The molecule has 0 bridgehead atoms. The lowest BCUT2D eigenvalue weighted by Gasteiger charge is -2.36. The number of benzene rings is 2. The second-order valence-electron chi connectivity index (χ2n) is 9.73. The number of nitrogens with zero attached hydrogens (tertiary/aromatic N) is 5. The zero-order valence-electron chi connectivity index (χ0n) is 20.8. The van der Waals surface area contributed by atoms with Crippen molar-refractivity contribution in [3.63, 3.8) is 0 Å². The Balaban J connectivity index is 1.31. The maximum Gasteiger partial charge on any atom is 0.228 e. The van der Waals surface area contributed by atoms with Crippen molar-refractivity contribution >= 4 is 33.3 Å². The Kier molecular flexibility index (Phi) is 5.88. The lowest BCUT2D eigenvalue weighted by Crippen LogP contribution is -2.42. The minimum atomic E-state index is -0.395. The number of pyridine rings is 2. The number of H-pyrrole nitrogens is 1. The number of halogens is 1. The lowest BCUT2D eigenvalue weighted by molar-refractivity contribution is 0.103. The van der Waals surface area contributed by atoms with Gasteiger partial charge in [-0.1, -0.05) is 24.3 Å². The summed E-state index contributed by atoms with van der Waals surface area (Å²) in [6, 6.07) is 15.4. The number of aromatic nitrogens is 4. The van der Waals surface area contributed by atoms with Gasteiger partial charge in [-0.3, -0.25) is 14.8 Å². The predicted octanol–water partition coefficient (Wildman–Crippen LogP) is 5.07. The predicted molar refractivity (Wildman–Crippen MR) is 143 cm³/mol. The number of imidazole rings is 1. The van der Waals surface area contributed by atoms with Crippen molar-refractivity contribution in [1.29, 1.82) is 0 Å². The maximum absolute atomic E-state index is 15.6. The van der Waals surface area contributed by atoms with Gasteiger partial charge in [-0.2, -0.15) is 0 Å². The van der Waals surface area contributed by atoms with Gasteiger partial charge in [0.05, 0.1) is 16.9 Å². The number of fused-ring (bicyclic) bond motifs is 2. The fraction of sp³-hybridized carbons (Fsp3) is 0.241. The maximum atomic E-state index is 15.6. The zero-order chi connectivity index (χ0) is 25.5. The van der Waals surface area contributed by atoms with Gasteiger partial charge in [0, 0.05) is 54.2 Å². The SMILES string of the molecule is CN(C)C1CCN(c2ccc3[nH]c(C(=O)c4ccnc(-c5cncc6ccccc56)c4)nc3c2F)CC1. The summed E-state index contributed by atoms with van der Waals surface area (Å²) in [4.78, 5) is 33.9. The first-order valence-corrected chi connectivity index (χ1v) is 12.4. The number of carbonyl (C=O) groups is 1. The van der Waals surface area contributed by atoms with E-state index >= 15 is 4.39 Å². The van der Waals surface area contributed by atoms with E-state index in [0.717, 1.165) is 42.3 Å². The molecule has 1 aliphatic heterocycles. The smallest absolute Gasteiger partial charge is 0.228 e. The van der Waals surface area contributed by atoms with E-state index in [-0.39, 0.29) is 17.1 Å². The van der Waals surface area contributed by atoms with Gasteiger partial charge in [0.25, 0.3) is 0 Å². The Hall–Kier alpha value is -4.17. The second kappa shape index (κ2) is 9.37. The third kappa shape index (κ3) is 4.23. The largest absolute Gasteiger partial charge is 0.369 e. The van der Waals surface area contributed by atoms with Gasteiger partial charge in [0.1, 0.15) is 5.52 Å². The number of piperidine rings is 1. The van der Waals surface area contributed by atoms with Crippen LogP contribution in [0, 0.1) is 5.82 Å². The number of anilines is 1. The first-order chi connectivity index (χ1) is 18.0. The van der Waals surface area contributed by atoms with Crippen LogP contribution in [-0.4, -0.2) is 63.8 Å². The molecule has 8 heteroatoms. The summed E-state index contributed by atoms with van der Waals surface area (Å²) in [6.45, 7) is 1.56. The molecule has 6 rings (SSSR count). The third-order valence-electron chi connectivity index (χ3n) is 7.29. The standard InChI is InChI=1S/C29H27FN6O/c1-35(2)20-10-13-36(14-11-20)25-8-7-23-27(26(25)30)34-29(33-23)28(37)18-9-12-32-24(15-18)22-17-31-16-19-5-3-4-6-21(19)22/h3-9,12,15-17,20H,10-11,13-14H2,1-2H3,(H,33,34). The van der Waals surface area contributed by atoms with Gasteiger partial charge >= 0.3 is 0 Å².